The monoisotopic (exact) mass is 182 g/mol. The summed E-state index contributed by atoms with van der Waals surface area (Å²) in [6, 6.07) is 0. The summed E-state index contributed by atoms with van der Waals surface area (Å²) in [6.07, 6.45) is 2.12. The van der Waals surface area contributed by atoms with Crippen molar-refractivity contribution in [2.45, 2.75) is 13.3 Å². The molecule has 0 aliphatic heterocycles. The Morgan fingerprint density at radius 2 is 2.46 bits per heavy atom. The molecule has 0 amide bonds. The Bertz CT molecular complexity index is 281. The lowest BCUT2D eigenvalue weighted by Gasteiger charge is -1.97. The number of nitrogens with one attached hydrogen (secondary N) is 1. The van der Waals surface area contributed by atoms with Gasteiger partial charge in [-0.15, -0.1) is 5.10 Å². The standard InChI is InChI=1S/C8H14N4O/c1-3-9-5-8(13)4-7-6-12(2)11-10-7/h6,9H,3-5H2,1-2H3. The zero-order valence-corrected chi connectivity index (χ0v) is 7.95. The van der Waals surface area contributed by atoms with E-state index in [4.69, 9.17) is 0 Å². The van der Waals surface area contributed by atoms with Crippen molar-refractivity contribution in [1.82, 2.24) is 20.3 Å². The van der Waals surface area contributed by atoms with Gasteiger partial charge in [-0.2, -0.15) is 0 Å². The maximum atomic E-state index is 11.2. The van der Waals surface area contributed by atoms with Gasteiger partial charge in [-0.25, -0.2) is 0 Å². The number of hydrogen-bond donors (Lipinski definition) is 1. The number of aromatic nitrogens is 3. The van der Waals surface area contributed by atoms with E-state index in [0.717, 1.165) is 12.2 Å². The highest BCUT2D eigenvalue weighted by Crippen LogP contribution is 1.93. The zero-order valence-electron chi connectivity index (χ0n) is 7.95. The van der Waals surface area contributed by atoms with Crippen molar-refractivity contribution in [3.05, 3.63) is 11.9 Å². The van der Waals surface area contributed by atoms with E-state index in [1.54, 1.807) is 17.9 Å². The van der Waals surface area contributed by atoms with E-state index < -0.39 is 0 Å². The van der Waals surface area contributed by atoms with Gasteiger partial charge in [-0.1, -0.05) is 12.1 Å². The molecular formula is C8H14N4O. The third-order valence-electron chi connectivity index (χ3n) is 1.60. The molecule has 1 heterocycles. The van der Waals surface area contributed by atoms with Crippen LogP contribution >= 0.6 is 0 Å². The first-order chi connectivity index (χ1) is 6.22. The molecule has 1 aromatic rings. The zero-order chi connectivity index (χ0) is 9.68. The average molecular weight is 182 g/mol. The van der Waals surface area contributed by atoms with Gasteiger partial charge in [0.25, 0.3) is 0 Å². The average Bonchev–Trinajstić information content (AvgIpc) is 2.48. The molecule has 1 aromatic heterocycles. The van der Waals surface area contributed by atoms with Gasteiger partial charge < -0.3 is 5.32 Å². The molecule has 1 rings (SSSR count). The molecule has 0 aliphatic carbocycles. The van der Waals surface area contributed by atoms with Crippen LogP contribution in [0.4, 0.5) is 0 Å². The van der Waals surface area contributed by atoms with Crippen molar-refractivity contribution < 1.29 is 4.79 Å². The van der Waals surface area contributed by atoms with E-state index in [0.29, 0.717) is 13.0 Å². The van der Waals surface area contributed by atoms with Crippen LogP contribution in [0.5, 0.6) is 0 Å². The topological polar surface area (TPSA) is 59.8 Å². The predicted molar refractivity (Wildman–Crippen MR) is 48.3 cm³/mol. The summed E-state index contributed by atoms with van der Waals surface area (Å²) in [5.41, 5.74) is 0.727. The second-order valence-electron chi connectivity index (χ2n) is 2.88. The molecule has 0 unspecified atom stereocenters. The lowest BCUT2D eigenvalue weighted by atomic mass is 10.2. The van der Waals surface area contributed by atoms with Crippen LogP contribution in [0, 0.1) is 0 Å². The number of ketones is 1. The SMILES string of the molecule is CCNCC(=O)Cc1cn(C)nn1. The van der Waals surface area contributed by atoms with E-state index in [1.165, 1.54) is 0 Å². The molecule has 0 saturated heterocycles. The van der Waals surface area contributed by atoms with Crippen molar-refractivity contribution in [3.8, 4) is 0 Å². The first-order valence-corrected chi connectivity index (χ1v) is 4.30. The van der Waals surface area contributed by atoms with Gasteiger partial charge in [0.2, 0.25) is 0 Å². The number of carbonyl (C=O) groups is 1. The number of aryl methyl sites for hydroxylation is 1. The molecule has 0 atom stereocenters. The van der Waals surface area contributed by atoms with Gasteiger partial charge >= 0.3 is 0 Å². The molecule has 1 N–H and O–H groups in total. The summed E-state index contributed by atoms with van der Waals surface area (Å²) < 4.78 is 1.59. The van der Waals surface area contributed by atoms with Gasteiger partial charge in [-0.3, -0.25) is 9.48 Å². The highest BCUT2D eigenvalue weighted by molar-refractivity contribution is 5.82. The van der Waals surface area contributed by atoms with Gasteiger partial charge in [0.05, 0.1) is 18.7 Å². The summed E-state index contributed by atoms with van der Waals surface area (Å²) in [6.45, 7) is 3.19. The number of rotatable bonds is 5. The molecule has 0 aromatic carbocycles. The highest BCUT2D eigenvalue weighted by Gasteiger charge is 2.05. The molecule has 0 fully saturated rings. The molecule has 5 nitrogen and oxygen atoms in total. The summed E-state index contributed by atoms with van der Waals surface area (Å²) in [5.74, 6) is 0.141. The molecule has 13 heavy (non-hydrogen) atoms. The first-order valence-electron chi connectivity index (χ1n) is 4.30. The number of hydrogen-bond acceptors (Lipinski definition) is 4. The maximum Gasteiger partial charge on any atom is 0.152 e. The largest absolute Gasteiger partial charge is 0.310 e. The molecule has 5 heteroatoms. The quantitative estimate of drug-likeness (QED) is 0.669. The predicted octanol–water partition coefficient (Wildman–Crippen LogP) is -0.464. The molecular weight excluding hydrogens is 168 g/mol. The van der Waals surface area contributed by atoms with Gasteiger partial charge in [0.15, 0.2) is 5.78 Å². The Balaban J connectivity index is 2.36. The minimum absolute atomic E-state index is 0.141. The Morgan fingerprint density at radius 3 is 3.00 bits per heavy atom. The van der Waals surface area contributed by atoms with Gasteiger partial charge in [-0.05, 0) is 6.54 Å². The van der Waals surface area contributed by atoms with Gasteiger partial charge in [0.1, 0.15) is 0 Å². The van der Waals surface area contributed by atoms with Crippen LogP contribution in [0.15, 0.2) is 6.20 Å². The van der Waals surface area contributed by atoms with Crippen LogP contribution in [0.3, 0.4) is 0 Å². The first kappa shape index (κ1) is 9.85. The van der Waals surface area contributed by atoms with Crippen molar-refractivity contribution in [2.24, 2.45) is 7.05 Å². The summed E-state index contributed by atoms with van der Waals surface area (Å²) in [5, 5.41) is 10.5. The highest BCUT2D eigenvalue weighted by atomic mass is 16.1. The van der Waals surface area contributed by atoms with E-state index in [9.17, 15) is 4.79 Å². The number of carbonyl (C=O) groups excluding carboxylic acids is 1. The fraction of sp³-hybridized carbons (Fsp3) is 0.625. The Morgan fingerprint density at radius 1 is 1.69 bits per heavy atom. The van der Waals surface area contributed by atoms with E-state index in [1.807, 2.05) is 6.92 Å². The Hall–Kier alpha value is -1.23. The fourth-order valence-electron chi connectivity index (χ4n) is 1.01. The molecule has 72 valence electrons. The van der Waals surface area contributed by atoms with Crippen molar-refractivity contribution in [2.75, 3.05) is 13.1 Å². The number of Topliss-reactive ketones (excluding diaryl/α,β-unsaturated/α-hetero) is 1. The number of likely N-dealkylation sites (N-methyl/N-ethyl adjacent to an activating group) is 1. The van der Waals surface area contributed by atoms with Gasteiger partial charge in [0, 0.05) is 13.2 Å². The number of nitrogens with zero attached hydrogens (tertiary/aromatic N) is 3. The minimum atomic E-state index is 0.141. The lowest BCUT2D eigenvalue weighted by Crippen LogP contribution is -2.23. The van der Waals surface area contributed by atoms with Crippen molar-refractivity contribution in [3.63, 3.8) is 0 Å². The molecule has 0 saturated carbocycles. The van der Waals surface area contributed by atoms with E-state index in [2.05, 4.69) is 15.6 Å². The van der Waals surface area contributed by atoms with Crippen LogP contribution in [0.2, 0.25) is 0 Å². The van der Waals surface area contributed by atoms with Crippen molar-refractivity contribution >= 4 is 5.78 Å². The molecule has 0 bridgehead atoms. The Labute approximate surface area is 77.1 Å². The van der Waals surface area contributed by atoms with Crippen molar-refractivity contribution in [1.29, 1.82) is 0 Å². The molecule has 0 radical (unpaired) electrons. The molecule has 0 aliphatic rings. The smallest absolute Gasteiger partial charge is 0.152 e. The normalized spacial score (nSPS) is 10.3. The minimum Gasteiger partial charge on any atom is -0.310 e. The van der Waals surface area contributed by atoms with Crippen LogP contribution in [0.25, 0.3) is 0 Å². The Kier molecular flexibility index (Phi) is 3.57. The van der Waals surface area contributed by atoms with Crippen LogP contribution in [-0.4, -0.2) is 33.9 Å². The summed E-state index contributed by atoms with van der Waals surface area (Å²) in [4.78, 5) is 11.2. The van der Waals surface area contributed by atoms with Crippen LogP contribution < -0.4 is 5.32 Å². The second kappa shape index (κ2) is 4.71. The lowest BCUT2D eigenvalue weighted by molar-refractivity contribution is -0.117. The van der Waals surface area contributed by atoms with E-state index >= 15 is 0 Å². The summed E-state index contributed by atoms with van der Waals surface area (Å²) in [7, 11) is 1.78. The van der Waals surface area contributed by atoms with Crippen LogP contribution in [-0.2, 0) is 18.3 Å². The fourth-order valence-corrected chi connectivity index (χ4v) is 1.01. The van der Waals surface area contributed by atoms with E-state index in [-0.39, 0.29) is 5.78 Å². The summed E-state index contributed by atoms with van der Waals surface area (Å²) >= 11 is 0. The second-order valence-corrected chi connectivity index (χ2v) is 2.88. The third kappa shape index (κ3) is 3.33. The third-order valence-corrected chi connectivity index (χ3v) is 1.60. The van der Waals surface area contributed by atoms with Crippen LogP contribution in [0.1, 0.15) is 12.6 Å². The molecule has 0 spiro atoms. The maximum absolute atomic E-state index is 11.2.